The standard InChI is InChI=1S/C18H24N2O4/c1-3-14-9-10-17(24-14)16(12-23-2)20-18(22)19-15(11-21)13-7-5-4-6-8-13/h4-10,15-16,21H,3,11-12H2,1-2H3,(H2,19,20,22). The van der Waals surface area contributed by atoms with Crippen LogP contribution in [0.5, 0.6) is 0 Å². The van der Waals surface area contributed by atoms with E-state index in [4.69, 9.17) is 9.15 Å². The predicted molar refractivity (Wildman–Crippen MR) is 90.6 cm³/mol. The van der Waals surface area contributed by atoms with Crippen molar-refractivity contribution in [1.29, 1.82) is 0 Å². The molecule has 2 unspecified atom stereocenters. The number of aryl methyl sites for hydroxylation is 1. The van der Waals surface area contributed by atoms with E-state index in [0.717, 1.165) is 17.7 Å². The Morgan fingerprint density at radius 2 is 1.88 bits per heavy atom. The summed E-state index contributed by atoms with van der Waals surface area (Å²) in [4.78, 5) is 12.3. The first-order chi connectivity index (χ1) is 11.7. The molecule has 0 bridgehead atoms. The second kappa shape index (κ2) is 9.10. The van der Waals surface area contributed by atoms with Crippen LogP contribution in [0.15, 0.2) is 46.9 Å². The summed E-state index contributed by atoms with van der Waals surface area (Å²) in [6, 6.07) is 11.8. The van der Waals surface area contributed by atoms with Gasteiger partial charge < -0.3 is 24.9 Å². The fraction of sp³-hybridized carbons (Fsp3) is 0.389. The first kappa shape index (κ1) is 18.0. The summed E-state index contributed by atoms with van der Waals surface area (Å²) in [5.41, 5.74) is 0.838. The second-order valence-electron chi connectivity index (χ2n) is 5.43. The van der Waals surface area contributed by atoms with E-state index in [0.29, 0.717) is 12.4 Å². The van der Waals surface area contributed by atoms with Crippen molar-refractivity contribution in [2.24, 2.45) is 0 Å². The van der Waals surface area contributed by atoms with Gasteiger partial charge in [0.15, 0.2) is 0 Å². The molecule has 1 aromatic carbocycles. The van der Waals surface area contributed by atoms with E-state index in [-0.39, 0.29) is 6.61 Å². The topological polar surface area (TPSA) is 83.7 Å². The molecule has 2 aromatic rings. The van der Waals surface area contributed by atoms with Crippen LogP contribution in [0, 0.1) is 0 Å². The summed E-state index contributed by atoms with van der Waals surface area (Å²) in [6.07, 6.45) is 0.784. The van der Waals surface area contributed by atoms with Gasteiger partial charge in [-0.1, -0.05) is 37.3 Å². The van der Waals surface area contributed by atoms with Crippen molar-refractivity contribution in [3.8, 4) is 0 Å². The van der Waals surface area contributed by atoms with Crippen LogP contribution in [0.25, 0.3) is 0 Å². The second-order valence-corrected chi connectivity index (χ2v) is 5.43. The molecule has 1 heterocycles. The Labute approximate surface area is 141 Å². The van der Waals surface area contributed by atoms with Gasteiger partial charge in [0.2, 0.25) is 0 Å². The number of carbonyl (C=O) groups excluding carboxylic acids is 1. The van der Waals surface area contributed by atoms with Gasteiger partial charge in [-0.3, -0.25) is 0 Å². The molecule has 6 nitrogen and oxygen atoms in total. The molecule has 0 fully saturated rings. The first-order valence-corrected chi connectivity index (χ1v) is 7.98. The Bertz CT molecular complexity index is 627. The van der Waals surface area contributed by atoms with E-state index < -0.39 is 18.1 Å². The SMILES string of the molecule is CCc1ccc(C(COC)NC(=O)NC(CO)c2ccccc2)o1. The van der Waals surface area contributed by atoms with E-state index in [1.165, 1.54) is 0 Å². The zero-order valence-electron chi connectivity index (χ0n) is 14.0. The molecule has 24 heavy (non-hydrogen) atoms. The molecule has 0 saturated heterocycles. The molecule has 0 aliphatic carbocycles. The third-order valence-electron chi connectivity index (χ3n) is 3.70. The number of furan rings is 1. The summed E-state index contributed by atoms with van der Waals surface area (Å²) in [7, 11) is 1.57. The monoisotopic (exact) mass is 332 g/mol. The number of hydrogen-bond donors (Lipinski definition) is 3. The van der Waals surface area contributed by atoms with Gasteiger partial charge in [0.1, 0.15) is 17.6 Å². The van der Waals surface area contributed by atoms with Gasteiger partial charge in [0.05, 0.1) is 19.3 Å². The molecule has 0 saturated carbocycles. The van der Waals surface area contributed by atoms with Crippen LogP contribution in [-0.2, 0) is 11.2 Å². The molecule has 0 aliphatic heterocycles. The number of ether oxygens (including phenoxy) is 1. The smallest absolute Gasteiger partial charge is 0.316 e. The van der Waals surface area contributed by atoms with Crippen LogP contribution in [0.3, 0.4) is 0 Å². The van der Waals surface area contributed by atoms with Crippen LogP contribution in [0.1, 0.15) is 36.1 Å². The number of urea groups is 1. The lowest BCUT2D eigenvalue weighted by atomic mass is 10.1. The number of nitrogens with one attached hydrogen (secondary N) is 2. The third-order valence-corrected chi connectivity index (χ3v) is 3.70. The van der Waals surface area contributed by atoms with E-state index >= 15 is 0 Å². The quantitative estimate of drug-likeness (QED) is 0.694. The van der Waals surface area contributed by atoms with Crippen LogP contribution in [0.4, 0.5) is 4.79 Å². The number of aliphatic hydroxyl groups excluding tert-OH is 1. The highest BCUT2D eigenvalue weighted by Crippen LogP contribution is 2.18. The van der Waals surface area contributed by atoms with Crippen molar-refractivity contribution in [2.45, 2.75) is 25.4 Å². The molecule has 130 valence electrons. The molecule has 2 rings (SSSR count). The number of hydrogen-bond acceptors (Lipinski definition) is 4. The zero-order chi connectivity index (χ0) is 17.4. The van der Waals surface area contributed by atoms with Gasteiger partial charge in [-0.2, -0.15) is 0 Å². The molecule has 2 atom stereocenters. The highest BCUT2D eigenvalue weighted by Gasteiger charge is 2.20. The van der Waals surface area contributed by atoms with Crippen molar-refractivity contribution in [3.05, 3.63) is 59.5 Å². The normalized spacial score (nSPS) is 13.3. The lowest BCUT2D eigenvalue weighted by molar-refractivity contribution is 0.154. The summed E-state index contributed by atoms with van der Waals surface area (Å²) in [5.74, 6) is 1.50. The number of aliphatic hydroxyl groups is 1. The molecule has 6 heteroatoms. The predicted octanol–water partition coefficient (Wildman–Crippen LogP) is 2.56. The average Bonchev–Trinajstić information content (AvgIpc) is 3.09. The molecular weight excluding hydrogens is 308 g/mol. The minimum Gasteiger partial charge on any atom is -0.464 e. The van der Waals surface area contributed by atoms with Crippen LogP contribution in [0.2, 0.25) is 0 Å². The van der Waals surface area contributed by atoms with Gasteiger partial charge in [0, 0.05) is 13.5 Å². The zero-order valence-corrected chi connectivity index (χ0v) is 14.0. The summed E-state index contributed by atoms with van der Waals surface area (Å²) >= 11 is 0. The molecule has 0 aliphatic rings. The van der Waals surface area contributed by atoms with E-state index in [1.807, 2.05) is 49.4 Å². The van der Waals surface area contributed by atoms with Crippen molar-refractivity contribution in [3.63, 3.8) is 0 Å². The van der Waals surface area contributed by atoms with Crippen LogP contribution >= 0.6 is 0 Å². The Morgan fingerprint density at radius 3 is 2.46 bits per heavy atom. The Morgan fingerprint density at radius 1 is 1.17 bits per heavy atom. The van der Waals surface area contributed by atoms with Gasteiger partial charge in [0.25, 0.3) is 0 Å². The Kier molecular flexibility index (Phi) is 6.84. The van der Waals surface area contributed by atoms with E-state index in [1.54, 1.807) is 7.11 Å². The minimum atomic E-state index is -0.475. The molecule has 1 aromatic heterocycles. The number of benzene rings is 1. The number of methoxy groups -OCH3 is 1. The molecule has 3 N–H and O–H groups in total. The van der Waals surface area contributed by atoms with Crippen molar-refractivity contribution in [2.75, 3.05) is 20.3 Å². The van der Waals surface area contributed by atoms with Gasteiger partial charge in [-0.05, 0) is 17.7 Å². The summed E-state index contributed by atoms with van der Waals surface area (Å²) in [6.45, 7) is 2.10. The maximum Gasteiger partial charge on any atom is 0.316 e. The lowest BCUT2D eigenvalue weighted by Gasteiger charge is -2.20. The third kappa shape index (κ3) is 4.84. The fourth-order valence-corrected chi connectivity index (χ4v) is 2.41. The minimum absolute atomic E-state index is 0.187. The fourth-order valence-electron chi connectivity index (χ4n) is 2.41. The van der Waals surface area contributed by atoms with Crippen molar-refractivity contribution < 1.29 is 19.1 Å². The largest absolute Gasteiger partial charge is 0.464 e. The Balaban J connectivity index is 2.01. The van der Waals surface area contributed by atoms with Gasteiger partial charge >= 0.3 is 6.03 Å². The molecule has 0 spiro atoms. The molecular formula is C18H24N2O4. The first-order valence-electron chi connectivity index (χ1n) is 7.98. The highest BCUT2D eigenvalue weighted by molar-refractivity contribution is 5.75. The van der Waals surface area contributed by atoms with Crippen molar-refractivity contribution >= 4 is 6.03 Å². The van der Waals surface area contributed by atoms with E-state index in [9.17, 15) is 9.90 Å². The van der Waals surface area contributed by atoms with Gasteiger partial charge in [-0.15, -0.1) is 0 Å². The average molecular weight is 332 g/mol. The lowest BCUT2D eigenvalue weighted by Crippen LogP contribution is -2.42. The molecule has 2 amide bonds. The summed E-state index contributed by atoms with van der Waals surface area (Å²) < 4.78 is 10.9. The number of rotatable bonds is 8. The molecule has 0 radical (unpaired) electrons. The maximum absolute atomic E-state index is 12.3. The van der Waals surface area contributed by atoms with Crippen LogP contribution < -0.4 is 10.6 Å². The highest BCUT2D eigenvalue weighted by atomic mass is 16.5. The van der Waals surface area contributed by atoms with E-state index in [2.05, 4.69) is 10.6 Å². The number of carbonyl (C=O) groups is 1. The summed E-state index contributed by atoms with van der Waals surface area (Å²) in [5, 5.41) is 15.1. The van der Waals surface area contributed by atoms with Crippen LogP contribution in [-0.4, -0.2) is 31.5 Å². The Hall–Kier alpha value is -2.31. The van der Waals surface area contributed by atoms with Crippen molar-refractivity contribution in [1.82, 2.24) is 10.6 Å². The number of amides is 2. The van der Waals surface area contributed by atoms with Gasteiger partial charge in [-0.25, -0.2) is 4.79 Å². The maximum atomic E-state index is 12.3.